The van der Waals surface area contributed by atoms with E-state index in [2.05, 4.69) is 34.4 Å². The summed E-state index contributed by atoms with van der Waals surface area (Å²) in [6.45, 7) is 7.22. The van der Waals surface area contributed by atoms with Crippen molar-refractivity contribution in [3.63, 3.8) is 0 Å². The van der Waals surface area contributed by atoms with Gasteiger partial charge in [-0.1, -0.05) is 13.8 Å². The fourth-order valence-electron chi connectivity index (χ4n) is 1.38. The fraction of sp³-hybridized carbons (Fsp3) is 0.636. The Balaban J connectivity index is 2.64. The van der Waals surface area contributed by atoms with Crippen LogP contribution in [0.3, 0.4) is 0 Å². The number of nitrogens with one attached hydrogen (secondary N) is 2. The predicted molar refractivity (Wildman–Crippen MR) is 64.2 cm³/mol. The zero-order valence-electron chi connectivity index (χ0n) is 9.75. The summed E-state index contributed by atoms with van der Waals surface area (Å²) in [5, 5.41) is 6.48. The molecule has 0 spiro atoms. The highest BCUT2D eigenvalue weighted by molar-refractivity contribution is 5.40. The molecule has 0 aromatic carbocycles. The molecule has 0 bridgehead atoms. The van der Waals surface area contributed by atoms with Crippen molar-refractivity contribution in [2.75, 3.05) is 17.2 Å². The molecular formula is C11H20N4. The zero-order chi connectivity index (χ0) is 11.1. The maximum Gasteiger partial charge on any atom is 0.224 e. The van der Waals surface area contributed by atoms with E-state index in [0.717, 1.165) is 25.2 Å². The molecule has 0 aliphatic heterocycles. The monoisotopic (exact) mass is 208 g/mol. The zero-order valence-corrected chi connectivity index (χ0v) is 9.75. The molecule has 0 saturated heterocycles. The molecule has 15 heavy (non-hydrogen) atoms. The Morgan fingerprint density at radius 2 is 2.00 bits per heavy atom. The van der Waals surface area contributed by atoms with E-state index in [-0.39, 0.29) is 0 Å². The van der Waals surface area contributed by atoms with E-state index in [1.54, 1.807) is 6.20 Å². The van der Waals surface area contributed by atoms with E-state index in [1.807, 2.05) is 13.0 Å². The Hall–Kier alpha value is -1.32. The van der Waals surface area contributed by atoms with Gasteiger partial charge < -0.3 is 10.6 Å². The Kier molecular flexibility index (Phi) is 4.87. The van der Waals surface area contributed by atoms with Gasteiger partial charge in [0, 0.05) is 18.8 Å². The highest BCUT2D eigenvalue weighted by Crippen LogP contribution is 2.09. The minimum Gasteiger partial charge on any atom is -0.367 e. The van der Waals surface area contributed by atoms with Gasteiger partial charge >= 0.3 is 0 Å². The van der Waals surface area contributed by atoms with Crippen LogP contribution in [0.5, 0.6) is 0 Å². The first kappa shape index (κ1) is 11.8. The van der Waals surface area contributed by atoms with Crippen molar-refractivity contribution in [1.29, 1.82) is 0 Å². The number of anilines is 2. The van der Waals surface area contributed by atoms with Gasteiger partial charge in [-0.3, -0.25) is 0 Å². The average Bonchev–Trinajstić information content (AvgIpc) is 2.27. The lowest BCUT2D eigenvalue weighted by Gasteiger charge is -2.15. The molecule has 1 heterocycles. The van der Waals surface area contributed by atoms with Gasteiger partial charge in [-0.2, -0.15) is 4.98 Å². The number of hydrogen-bond donors (Lipinski definition) is 2. The van der Waals surface area contributed by atoms with Crippen molar-refractivity contribution < 1.29 is 0 Å². The Bertz CT molecular complexity index is 284. The SMILES string of the molecule is CCNc1nccc(NC(CC)CC)n1. The minimum absolute atomic E-state index is 0.495. The van der Waals surface area contributed by atoms with Gasteiger partial charge in [0.1, 0.15) is 5.82 Å². The smallest absolute Gasteiger partial charge is 0.224 e. The maximum absolute atomic E-state index is 4.36. The van der Waals surface area contributed by atoms with Gasteiger partial charge in [-0.05, 0) is 25.8 Å². The van der Waals surface area contributed by atoms with Crippen molar-refractivity contribution in [2.45, 2.75) is 39.7 Å². The van der Waals surface area contributed by atoms with E-state index in [4.69, 9.17) is 0 Å². The van der Waals surface area contributed by atoms with E-state index in [1.165, 1.54) is 0 Å². The van der Waals surface area contributed by atoms with E-state index < -0.39 is 0 Å². The molecule has 1 aromatic heterocycles. The van der Waals surface area contributed by atoms with Crippen molar-refractivity contribution in [3.05, 3.63) is 12.3 Å². The molecule has 1 aromatic rings. The van der Waals surface area contributed by atoms with Gasteiger partial charge in [-0.25, -0.2) is 4.98 Å². The quantitative estimate of drug-likeness (QED) is 0.754. The van der Waals surface area contributed by atoms with Gasteiger partial charge in [0.2, 0.25) is 5.95 Å². The highest BCUT2D eigenvalue weighted by Gasteiger charge is 2.04. The van der Waals surface area contributed by atoms with Crippen LogP contribution in [0.15, 0.2) is 12.3 Å². The van der Waals surface area contributed by atoms with Gasteiger partial charge in [0.15, 0.2) is 0 Å². The molecule has 4 heteroatoms. The number of rotatable bonds is 6. The van der Waals surface area contributed by atoms with Gasteiger partial charge in [0.25, 0.3) is 0 Å². The summed E-state index contributed by atoms with van der Waals surface area (Å²) in [6, 6.07) is 2.40. The summed E-state index contributed by atoms with van der Waals surface area (Å²) in [5.74, 6) is 1.59. The number of hydrogen-bond acceptors (Lipinski definition) is 4. The average molecular weight is 208 g/mol. The van der Waals surface area contributed by atoms with Crippen molar-refractivity contribution in [1.82, 2.24) is 9.97 Å². The number of nitrogens with zero attached hydrogens (tertiary/aromatic N) is 2. The summed E-state index contributed by atoms with van der Waals surface area (Å²) >= 11 is 0. The molecule has 2 N–H and O–H groups in total. The molecule has 1 rings (SSSR count). The van der Waals surface area contributed by atoms with Crippen molar-refractivity contribution >= 4 is 11.8 Å². The van der Waals surface area contributed by atoms with Gasteiger partial charge in [-0.15, -0.1) is 0 Å². The molecule has 0 atom stereocenters. The molecule has 4 nitrogen and oxygen atoms in total. The molecular weight excluding hydrogens is 188 g/mol. The summed E-state index contributed by atoms with van der Waals surface area (Å²) < 4.78 is 0. The molecule has 0 aliphatic rings. The summed E-state index contributed by atoms with van der Waals surface area (Å²) in [7, 11) is 0. The lowest BCUT2D eigenvalue weighted by Crippen LogP contribution is -2.18. The van der Waals surface area contributed by atoms with Crippen LogP contribution in [0, 0.1) is 0 Å². The lowest BCUT2D eigenvalue weighted by molar-refractivity contribution is 0.668. The molecule has 0 aliphatic carbocycles. The first-order chi connectivity index (χ1) is 7.30. The first-order valence-corrected chi connectivity index (χ1v) is 5.63. The summed E-state index contributed by atoms with van der Waals surface area (Å²) in [6.07, 6.45) is 3.99. The minimum atomic E-state index is 0.495. The van der Waals surface area contributed by atoms with Crippen LogP contribution in [0.2, 0.25) is 0 Å². The lowest BCUT2D eigenvalue weighted by atomic mass is 10.2. The Labute approximate surface area is 91.5 Å². The summed E-state index contributed by atoms with van der Waals surface area (Å²) in [5.41, 5.74) is 0. The largest absolute Gasteiger partial charge is 0.367 e. The number of aromatic nitrogens is 2. The van der Waals surface area contributed by atoms with Crippen LogP contribution < -0.4 is 10.6 Å². The topological polar surface area (TPSA) is 49.8 Å². The maximum atomic E-state index is 4.36. The van der Waals surface area contributed by atoms with Crippen LogP contribution >= 0.6 is 0 Å². The van der Waals surface area contributed by atoms with E-state index in [9.17, 15) is 0 Å². The molecule has 0 amide bonds. The molecule has 0 unspecified atom stereocenters. The third kappa shape index (κ3) is 3.73. The highest BCUT2D eigenvalue weighted by atomic mass is 15.1. The fourth-order valence-corrected chi connectivity index (χ4v) is 1.38. The van der Waals surface area contributed by atoms with Crippen molar-refractivity contribution in [3.8, 4) is 0 Å². The van der Waals surface area contributed by atoms with Crippen LogP contribution in [0.1, 0.15) is 33.6 Å². The summed E-state index contributed by atoms with van der Waals surface area (Å²) in [4.78, 5) is 8.49. The second-order valence-corrected chi connectivity index (χ2v) is 3.45. The van der Waals surface area contributed by atoms with Crippen LogP contribution in [0.4, 0.5) is 11.8 Å². The van der Waals surface area contributed by atoms with E-state index in [0.29, 0.717) is 12.0 Å². The first-order valence-electron chi connectivity index (χ1n) is 5.63. The van der Waals surface area contributed by atoms with Gasteiger partial charge in [0.05, 0.1) is 0 Å². The standard InChI is InChI=1S/C11H20N4/c1-4-9(5-2)14-10-7-8-13-11(15-10)12-6-3/h7-9H,4-6H2,1-3H3,(H2,12,13,14,15). The Morgan fingerprint density at radius 1 is 1.27 bits per heavy atom. The Morgan fingerprint density at radius 3 is 2.60 bits per heavy atom. The second kappa shape index (κ2) is 6.22. The molecule has 84 valence electrons. The van der Waals surface area contributed by atoms with E-state index >= 15 is 0 Å². The third-order valence-corrected chi connectivity index (χ3v) is 2.33. The second-order valence-electron chi connectivity index (χ2n) is 3.45. The van der Waals surface area contributed by atoms with Crippen LogP contribution in [-0.2, 0) is 0 Å². The van der Waals surface area contributed by atoms with Crippen molar-refractivity contribution in [2.24, 2.45) is 0 Å². The molecule has 0 fully saturated rings. The van der Waals surface area contributed by atoms with Crippen LogP contribution in [0.25, 0.3) is 0 Å². The van der Waals surface area contributed by atoms with Crippen LogP contribution in [-0.4, -0.2) is 22.6 Å². The third-order valence-electron chi connectivity index (χ3n) is 2.33. The predicted octanol–water partition coefficient (Wildman–Crippen LogP) is 2.51. The molecule has 0 saturated carbocycles. The molecule has 0 radical (unpaired) electrons. The normalized spacial score (nSPS) is 10.4.